The van der Waals surface area contributed by atoms with Crippen LogP contribution in [0.1, 0.15) is 25.8 Å². The summed E-state index contributed by atoms with van der Waals surface area (Å²) in [5.41, 5.74) is 3.07. The Balaban J connectivity index is 2.22. The van der Waals surface area contributed by atoms with Gasteiger partial charge in [0.05, 0.1) is 5.66 Å². The largest absolute Gasteiger partial charge is 0.366 e. The van der Waals surface area contributed by atoms with Gasteiger partial charge in [-0.15, -0.1) is 0 Å². The van der Waals surface area contributed by atoms with E-state index in [4.69, 9.17) is 0 Å². The van der Waals surface area contributed by atoms with Crippen molar-refractivity contribution in [1.82, 2.24) is 5.32 Å². The molecular formula is C12H16N2. The topological polar surface area (TPSA) is 24.1 Å². The van der Waals surface area contributed by atoms with Crippen molar-refractivity contribution in [1.29, 1.82) is 0 Å². The summed E-state index contributed by atoms with van der Waals surface area (Å²) in [5.74, 6) is 0. The predicted molar refractivity (Wildman–Crippen MR) is 58.4 cm³/mol. The van der Waals surface area contributed by atoms with Crippen LogP contribution in [0.25, 0.3) is 0 Å². The van der Waals surface area contributed by atoms with Crippen LogP contribution in [0.4, 0.5) is 5.69 Å². The van der Waals surface area contributed by atoms with E-state index in [1.54, 1.807) is 0 Å². The fourth-order valence-corrected chi connectivity index (χ4v) is 2.94. The van der Waals surface area contributed by atoms with Crippen molar-refractivity contribution in [3.05, 3.63) is 29.8 Å². The Bertz CT molecular complexity index is 388. The molecule has 2 heteroatoms. The minimum atomic E-state index is 0.0523. The van der Waals surface area contributed by atoms with Crippen LogP contribution in [-0.2, 0) is 5.41 Å². The maximum atomic E-state index is 3.60. The van der Waals surface area contributed by atoms with Gasteiger partial charge in [0.15, 0.2) is 0 Å². The van der Waals surface area contributed by atoms with Crippen molar-refractivity contribution >= 4 is 5.69 Å². The van der Waals surface area contributed by atoms with Gasteiger partial charge in [-0.3, -0.25) is 5.32 Å². The third kappa shape index (κ3) is 0.758. The Kier molecular flexibility index (Phi) is 1.37. The number of fused-ring (bicyclic) bond motifs is 3. The van der Waals surface area contributed by atoms with E-state index in [9.17, 15) is 0 Å². The summed E-state index contributed by atoms with van der Waals surface area (Å²) < 4.78 is 0. The van der Waals surface area contributed by atoms with Crippen LogP contribution >= 0.6 is 0 Å². The lowest BCUT2D eigenvalue weighted by Crippen LogP contribution is -2.52. The number of benzene rings is 1. The molecule has 0 amide bonds. The van der Waals surface area contributed by atoms with Crippen LogP contribution in [0.15, 0.2) is 24.3 Å². The second-order valence-corrected chi connectivity index (χ2v) is 4.80. The molecule has 0 spiro atoms. The molecule has 1 saturated heterocycles. The summed E-state index contributed by atoms with van der Waals surface area (Å²) in [6.07, 6.45) is 1.22. The van der Waals surface area contributed by atoms with Crippen molar-refractivity contribution < 1.29 is 0 Å². The van der Waals surface area contributed by atoms with Gasteiger partial charge in [-0.1, -0.05) is 25.1 Å². The molecular weight excluding hydrogens is 172 g/mol. The number of rotatable bonds is 0. The smallest absolute Gasteiger partial charge is 0.0950 e. The Morgan fingerprint density at radius 3 is 2.86 bits per heavy atom. The van der Waals surface area contributed by atoms with Crippen LogP contribution < -0.4 is 10.6 Å². The molecule has 2 aliphatic rings. The zero-order chi connectivity index (χ0) is 9.81. The van der Waals surface area contributed by atoms with E-state index in [-0.39, 0.29) is 11.1 Å². The van der Waals surface area contributed by atoms with Crippen molar-refractivity contribution in [2.24, 2.45) is 0 Å². The van der Waals surface area contributed by atoms with Gasteiger partial charge in [0.2, 0.25) is 0 Å². The lowest BCUT2D eigenvalue weighted by atomic mass is 9.75. The van der Waals surface area contributed by atoms with E-state index in [2.05, 4.69) is 48.7 Å². The highest BCUT2D eigenvalue weighted by atomic mass is 15.3. The minimum absolute atomic E-state index is 0.0523. The Labute approximate surface area is 84.7 Å². The van der Waals surface area contributed by atoms with E-state index in [0.717, 1.165) is 6.54 Å². The molecule has 0 unspecified atom stereocenters. The van der Waals surface area contributed by atoms with Crippen LogP contribution in [-0.4, -0.2) is 12.2 Å². The normalized spacial score (nSPS) is 39.0. The lowest BCUT2D eigenvalue weighted by Gasteiger charge is -2.34. The van der Waals surface area contributed by atoms with E-state index in [1.807, 2.05) is 0 Å². The zero-order valence-electron chi connectivity index (χ0n) is 8.72. The number of nitrogens with one attached hydrogen (secondary N) is 2. The van der Waals surface area contributed by atoms with Gasteiger partial charge in [0, 0.05) is 11.1 Å². The molecule has 14 heavy (non-hydrogen) atoms. The summed E-state index contributed by atoms with van der Waals surface area (Å²) in [6.45, 7) is 5.72. The van der Waals surface area contributed by atoms with E-state index >= 15 is 0 Å². The highest BCUT2D eigenvalue weighted by Gasteiger charge is 2.54. The molecule has 0 saturated carbocycles. The van der Waals surface area contributed by atoms with Gasteiger partial charge < -0.3 is 5.32 Å². The van der Waals surface area contributed by atoms with E-state index < -0.39 is 0 Å². The highest BCUT2D eigenvalue weighted by Crippen LogP contribution is 2.50. The monoisotopic (exact) mass is 188 g/mol. The number of para-hydroxylation sites is 1. The molecule has 2 N–H and O–H groups in total. The predicted octanol–water partition coefficient (Wildman–Crippen LogP) is 2.08. The third-order valence-electron chi connectivity index (χ3n) is 4.11. The van der Waals surface area contributed by atoms with Crippen LogP contribution in [0.3, 0.4) is 0 Å². The average Bonchev–Trinajstić information content (AvgIpc) is 2.54. The molecule has 74 valence electrons. The maximum absolute atomic E-state index is 3.60. The molecule has 1 aromatic carbocycles. The zero-order valence-corrected chi connectivity index (χ0v) is 8.72. The fraction of sp³-hybridized carbons (Fsp3) is 0.500. The van der Waals surface area contributed by atoms with E-state index in [0.29, 0.717) is 0 Å². The first-order valence-electron chi connectivity index (χ1n) is 5.28. The van der Waals surface area contributed by atoms with Gasteiger partial charge in [-0.05, 0) is 31.5 Å². The SMILES string of the molecule is C[C@@]12NCC[C@]1(C)c1ccccc1N2. The van der Waals surface area contributed by atoms with Gasteiger partial charge in [0.1, 0.15) is 0 Å². The molecule has 2 aliphatic heterocycles. The lowest BCUT2D eigenvalue weighted by molar-refractivity contribution is 0.332. The maximum Gasteiger partial charge on any atom is 0.0950 e. The average molecular weight is 188 g/mol. The second-order valence-electron chi connectivity index (χ2n) is 4.80. The first-order valence-corrected chi connectivity index (χ1v) is 5.28. The van der Waals surface area contributed by atoms with Crippen molar-refractivity contribution in [3.8, 4) is 0 Å². The molecule has 3 rings (SSSR count). The summed E-state index contributed by atoms with van der Waals surface area (Å²) in [7, 11) is 0. The standard InChI is InChI=1S/C12H16N2/c1-11-7-8-13-12(11,2)14-10-6-4-3-5-9(10)11/h3-6,13-14H,7-8H2,1-2H3/t11-,12+/m1/s1. The van der Waals surface area contributed by atoms with Gasteiger partial charge in [-0.2, -0.15) is 0 Å². The van der Waals surface area contributed by atoms with Crippen LogP contribution in [0, 0.1) is 0 Å². The number of hydrogen-bond acceptors (Lipinski definition) is 2. The van der Waals surface area contributed by atoms with E-state index in [1.165, 1.54) is 17.7 Å². The molecule has 1 aromatic rings. The molecule has 0 aliphatic carbocycles. The van der Waals surface area contributed by atoms with Crippen molar-refractivity contribution in [2.45, 2.75) is 31.3 Å². The van der Waals surface area contributed by atoms with Crippen molar-refractivity contribution in [2.75, 3.05) is 11.9 Å². The highest BCUT2D eigenvalue weighted by molar-refractivity contribution is 5.64. The molecule has 0 aromatic heterocycles. The van der Waals surface area contributed by atoms with Crippen molar-refractivity contribution in [3.63, 3.8) is 0 Å². The summed E-state index contributed by atoms with van der Waals surface area (Å²) >= 11 is 0. The number of hydrogen-bond donors (Lipinski definition) is 2. The fourth-order valence-electron chi connectivity index (χ4n) is 2.94. The molecule has 2 nitrogen and oxygen atoms in total. The Hall–Kier alpha value is -1.02. The van der Waals surface area contributed by atoms with Crippen LogP contribution in [0.2, 0.25) is 0 Å². The summed E-state index contributed by atoms with van der Waals surface area (Å²) in [5, 5.41) is 7.17. The molecule has 0 bridgehead atoms. The minimum Gasteiger partial charge on any atom is -0.366 e. The summed E-state index contributed by atoms with van der Waals surface area (Å²) in [4.78, 5) is 0. The molecule has 0 radical (unpaired) electrons. The van der Waals surface area contributed by atoms with Gasteiger partial charge >= 0.3 is 0 Å². The molecule has 2 atom stereocenters. The summed E-state index contributed by atoms with van der Waals surface area (Å²) in [6, 6.07) is 8.65. The van der Waals surface area contributed by atoms with Crippen LogP contribution in [0.5, 0.6) is 0 Å². The Morgan fingerprint density at radius 2 is 2.00 bits per heavy atom. The van der Waals surface area contributed by atoms with Gasteiger partial charge in [-0.25, -0.2) is 0 Å². The molecule has 1 fully saturated rings. The number of anilines is 1. The molecule has 2 heterocycles. The quantitative estimate of drug-likeness (QED) is 0.651. The van der Waals surface area contributed by atoms with Gasteiger partial charge in [0.25, 0.3) is 0 Å². The second kappa shape index (κ2) is 2.31. The Morgan fingerprint density at radius 1 is 1.21 bits per heavy atom. The third-order valence-corrected chi connectivity index (χ3v) is 4.11. The first kappa shape index (κ1) is 8.30. The first-order chi connectivity index (χ1) is 6.66.